The molecule has 0 amide bonds. The van der Waals surface area contributed by atoms with Crippen molar-refractivity contribution in [1.29, 1.82) is 0 Å². The number of anilines is 4. The number of aromatic nitrogens is 4. The van der Waals surface area contributed by atoms with E-state index in [-0.39, 0.29) is 24.7 Å². The second kappa shape index (κ2) is 24.2. The smallest absolute Gasteiger partial charge is 0.227 e. The van der Waals surface area contributed by atoms with Crippen LogP contribution in [0.5, 0.6) is 11.5 Å². The molecule has 8 heterocycles. The quantitative estimate of drug-likeness (QED) is 0.0965. The van der Waals surface area contributed by atoms with Crippen LogP contribution >= 0.6 is 0 Å². The molecule has 6 aliphatic rings. The summed E-state index contributed by atoms with van der Waals surface area (Å²) in [7, 11) is 3.42. The molecule has 4 aromatic rings. The molecular weight excluding hydrogens is 905 g/mol. The van der Waals surface area contributed by atoms with Crippen LogP contribution in [0.2, 0.25) is 0 Å². The highest BCUT2D eigenvalue weighted by Gasteiger charge is 2.33. The standard InChI is InChI=1S/C56H78N12O4/c1-71-51-37-45-47(35-41(51)15-3-5-21-63-23-7-8-24-63)59-55(67-27-11-12-28-67)61-53(45)57-43-17-31-65(32-18-43)39-50(70)49(40-69)66-33-19-44(20-34-66)58-54-46-38-52(72-2)42(16-4-6-22-64-25-9-10-26-64)36-48(46)60-56(62-54)68-29-13-14-30-68/h35-38,43-44,49-50,69-70H,5-14,17-34,39-40H2,1-2H3,(H,57,59,61)(H,58,60,62). The lowest BCUT2D eigenvalue weighted by Crippen LogP contribution is -2.54. The molecule has 0 saturated carbocycles. The maximum atomic E-state index is 11.7. The van der Waals surface area contributed by atoms with Gasteiger partial charge in [-0.1, -0.05) is 23.7 Å². The zero-order chi connectivity index (χ0) is 49.2. The largest absolute Gasteiger partial charge is 0.495 e. The molecular formula is C56H78N12O4. The second-order valence-corrected chi connectivity index (χ2v) is 21.0. The molecule has 386 valence electrons. The minimum Gasteiger partial charge on any atom is -0.495 e. The minimum atomic E-state index is -0.679. The number of likely N-dealkylation sites (tertiary alicyclic amines) is 4. The van der Waals surface area contributed by atoms with Gasteiger partial charge in [0.15, 0.2) is 0 Å². The minimum absolute atomic E-state index is 0.0915. The van der Waals surface area contributed by atoms with E-state index in [4.69, 9.17) is 29.4 Å². The predicted octanol–water partition coefficient (Wildman–Crippen LogP) is 5.64. The van der Waals surface area contributed by atoms with E-state index < -0.39 is 6.10 Å². The number of hydrogen-bond acceptors (Lipinski definition) is 16. The number of ether oxygens (including phenoxy) is 2. The third kappa shape index (κ3) is 12.2. The fourth-order valence-electron chi connectivity index (χ4n) is 11.8. The molecule has 16 nitrogen and oxygen atoms in total. The summed E-state index contributed by atoms with van der Waals surface area (Å²) >= 11 is 0. The van der Waals surface area contributed by atoms with Gasteiger partial charge >= 0.3 is 0 Å². The SMILES string of the molecule is COc1cc2c(NC3CCN(CC(O)C(CO)N4CCC(Nc5nc(N6CCCC6)nc6cc(C#CCCN7CCCC7)c(OC)cc56)CC4)CC3)nc(N3CCCC3)nc2cc1C#CCCN1CCCC1. The van der Waals surface area contributed by atoms with Gasteiger partial charge in [0.25, 0.3) is 0 Å². The number of rotatable bonds is 17. The maximum absolute atomic E-state index is 11.7. The van der Waals surface area contributed by atoms with E-state index in [0.717, 1.165) is 198 Å². The summed E-state index contributed by atoms with van der Waals surface area (Å²) in [5.41, 5.74) is 3.46. The van der Waals surface area contributed by atoms with Gasteiger partial charge in [-0.3, -0.25) is 4.90 Å². The van der Waals surface area contributed by atoms with Gasteiger partial charge in [0.2, 0.25) is 11.9 Å². The van der Waals surface area contributed by atoms with Crippen molar-refractivity contribution in [2.75, 3.05) is 139 Å². The number of hydrogen-bond donors (Lipinski definition) is 4. The van der Waals surface area contributed by atoms with E-state index in [1.807, 2.05) is 6.07 Å². The molecule has 0 aliphatic carbocycles. The van der Waals surface area contributed by atoms with Crippen LogP contribution in [0.4, 0.5) is 23.5 Å². The number of nitrogens with zero attached hydrogens (tertiary/aromatic N) is 10. The summed E-state index contributed by atoms with van der Waals surface area (Å²) in [5, 5.41) is 32.0. The lowest BCUT2D eigenvalue weighted by Gasteiger charge is -2.41. The van der Waals surface area contributed by atoms with Crippen molar-refractivity contribution in [1.82, 2.24) is 39.5 Å². The molecule has 0 spiro atoms. The van der Waals surface area contributed by atoms with Gasteiger partial charge in [0.1, 0.15) is 23.1 Å². The van der Waals surface area contributed by atoms with Gasteiger partial charge in [-0.05, 0) is 127 Å². The number of fused-ring (bicyclic) bond motifs is 2. The monoisotopic (exact) mass is 983 g/mol. The molecule has 0 radical (unpaired) electrons. The molecule has 10 rings (SSSR count). The lowest BCUT2D eigenvalue weighted by atomic mass is 9.99. The number of β-amino-alcohol motifs (C(OH)–C–C–N with tert-alkyl or cyclic N) is 1. The van der Waals surface area contributed by atoms with Crippen molar-refractivity contribution in [3.8, 4) is 35.2 Å². The number of aliphatic hydroxyl groups excluding tert-OH is 2. The van der Waals surface area contributed by atoms with Crippen LogP contribution in [-0.2, 0) is 0 Å². The maximum Gasteiger partial charge on any atom is 0.227 e. The average Bonchev–Trinajstić information content (AvgIpc) is 4.28. The molecule has 6 aliphatic heterocycles. The van der Waals surface area contributed by atoms with Gasteiger partial charge in [0.05, 0.1) is 55.1 Å². The molecule has 72 heavy (non-hydrogen) atoms. The Bertz CT molecular complexity index is 2570. The zero-order valence-corrected chi connectivity index (χ0v) is 43.0. The zero-order valence-electron chi connectivity index (χ0n) is 43.0. The summed E-state index contributed by atoms with van der Waals surface area (Å²) < 4.78 is 11.8. The van der Waals surface area contributed by atoms with Crippen molar-refractivity contribution in [3.63, 3.8) is 0 Å². The molecule has 6 fully saturated rings. The van der Waals surface area contributed by atoms with Crippen LogP contribution < -0.4 is 29.9 Å². The summed E-state index contributed by atoms with van der Waals surface area (Å²) in [6, 6.07) is 8.30. The van der Waals surface area contributed by atoms with E-state index in [2.05, 4.69) is 81.9 Å². The Labute approximate surface area is 427 Å². The first-order valence-corrected chi connectivity index (χ1v) is 27.4. The van der Waals surface area contributed by atoms with Crippen molar-refractivity contribution in [3.05, 3.63) is 35.4 Å². The summed E-state index contributed by atoms with van der Waals surface area (Å²) in [6.07, 6.45) is 14.2. The first-order chi connectivity index (χ1) is 35.4. The van der Waals surface area contributed by atoms with E-state index in [1.54, 1.807) is 14.2 Å². The summed E-state index contributed by atoms with van der Waals surface area (Å²) in [6.45, 7) is 14.2. The lowest BCUT2D eigenvalue weighted by molar-refractivity contribution is -0.0134. The Morgan fingerprint density at radius 2 is 1.00 bits per heavy atom. The number of piperidine rings is 2. The summed E-state index contributed by atoms with van der Waals surface area (Å²) in [4.78, 5) is 34.7. The van der Waals surface area contributed by atoms with Crippen LogP contribution in [0.25, 0.3) is 21.8 Å². The number of methoxy groups -OCH3 is 2. The van der Waals surface area contributed by atoms with E-state index in [9.17, 15) is 10.2 Å². The van der Waals surface area contributed by atoms with Crippen molar-refractivity contribution in [2.45, 2.75) is 114 Å². The highest BCUT2D eigenvalue weighted by molar-refractivity contribution is 5.94. The molecule has 16 heteroatoms. The topological polar surface area (TPSA) is 154 Å². The molecule has 2 atom stereocenters. The Hall–Kier alpha value is -5.20. The van der Waals surface area contributed by atoms with E-state index in [1.165, 1.54) is 51.9 Å². The van der Waals surface area contributed by atoms with Crippen LogP contribution in [0.1, 0.15) is 101 Å². The Morgan fingerprint density at radius 3 is 1.43 bits per heavy atom. The van der Waals surface area contributed by atoms with E-state index in [0.29, 0.717) is 6.54 Å². The summed E-state index contributed by atoms with van der Waals surface area (Å²) in [5.74, 6) is 18.3. The van der Waals surface area contributed by atoms with E-state index >= 15 is 0 Å². The van der Waals surface area contributed by atoms with Crippen molar-refractivity contribution < 1.29 is 19.7 Å². The van der Waals surface area contributed by atoms with Gasteiger partial charge < -0.3 is 54.8 Å². The van der Waals surface area contributed by atoms with Crippen molar-refractivity contribution >= 4 is 45.3 Å². The highest BCUT2D eigenvalue weighted by Crippen LogP contribution is 2.35. The van der Waals surface area contributed by atoms with Crippen LogP contribution in [-0.4, -0.2) is 193 Å². The van der Waals surface area contributed by atoms with Gasteiger partial charge in [-0.2, -0.15) is 9.97 Å². The fraction of sp³-hybridized carbons (Fsp3) is 0.643. The third-order valence-corrected chi connectivity index (χ3v) is 16.1. The third-order valence-electron chi connectivity index (χ3n) is 16.1. The second-order valence-electron chi connectivity index (χ2n) is 21.0. The molecule has 2 aromatic heterocycles. The Morgan fingerprint density at radius 1 is 0.569 bits per heavy atom. The van der Waals surface area contributed by atoms with Gasteiger partial charge in [0, 0.05) is 108 Å². The highest BCUT2D eigenvalue weighted by atomic mass is 16.5. The number of benzene rings is 2. The van der Waals surface area contributed by atoms with Crippen LogP contribution in [0.15, 0.2) is 24.3 Å². The normalized spacial score (nSPS) is 20.7. The molecule has 2 aromatic carbocycles. The molecule has 0 bridgehead atoms. The van der Waals surface area contributed by atoms with Crippen LogP contribution in [0.3, 0.4) is 0 Å². The predicted molar refractivity (Wildman–Crippen MR) is 288 cm³/mol. The molecule has 2 unspecified atom stereocenters. The van der Waals surface area contributed by atoms with Crippen molar-refractivity contribution in [2.24, 2.45) is 0 Å². The van der Waals surface area contributed by atoms with Crippen LogP contribution in [0, 0.1) is 23.7 Å². The first kappa shape index (κ1) is 50.3. The Kier molecular flexibility index (Phi) is 16.9. The first-order valence-electron chi connectivity index (χ1n) is 27.4. The van der Waals surface area contributed by atoms with Gasteiger partial charge in [-0.15, -0.1) is 0 Å². The molecule has 4 N–H and O–H groups in total. The number of aliphatic hydroxyl groups is 2. The average molecular weight is 983 g/mol. The molecule has 6 saturated heterocycles. The van der Waals surface area contributed by atoms with Gasteiger partial charge in [-0.25, -0.2) is 9.97 Å². The number of nitrogens with one attached hydrogen (secondary N) is 2. The Balaban J connectivity index is 0.752. The fourth-order valence-corrected chi connectivity index (χ4v) is 11.8.